The van der Waals surface area contributed by atoms with E-state index in [1.807, 2.05) is 0 Å². The largest absolute Gasteiger partial charge is 0.336 e. The van der Waals surface area contributed by atoms with Crippen LogP contribution in [0.15, 0.2) is 24.3 Å². The lowest BCUT2D eigenvalue weighted by molar-refractivity contribution is -0.137. The molecule has 1 aromatic carbocycles. The molecule has 0 bridgehead atoms. The molecule has 0 radical (unpaired) electrons. The van der Waals surface area contributed by atoms with Gasteiger partial charge >= 0.3 is 0 Å². The number of likely N-dealkylation sites (N-methyl/N-ethyl adjacent to an activating group) is 1. The molecule has 21 heavy (non-hydrogen) atoms. The van der Waals surface area contributed by atoms with Crippen molar-refractivity contribution in [3.8, 4) is 0 Å². The van der Waals surface area contributed by atoms with Gasteiger partial charge in [-0.3, -0.25) is 9.59 Å². The number of amides is 2. The molecular weight excluding hydrogens is 290 g/mol. The summed E-state index contributed by atoms with van der Waals surface area (Å²) in [4.78, 5) is 25.7. The molecule has 0 spiro atoms. The quantitative estimate of drug-likeness (QED) is 0.890. The Morgan fingerprint density at radius 1 is 1.38 bits per heavy atom. The van der Waals surface area contributed by atoms with Crippen LogP contribution in [0.1, 0.15) is 12.8 Å². The first-order valence-electron chi connectivity index (χ1n) is 7.07. The molecule has 1 aromatic rings. The second kappa shape index (κ2) is 7.43. The summed E-state index contributed by atoms with van der Waals surface area (Å²) in [5.41, 5.74) is 0.634. The van der Waals surface area contributed by atoms with Gasteiger partial charge in [-0.1, -0.05) is 17.7 Å². The number of halogens is 1. The third kappa shape index (κ3) is 4.72. The van der Waals surface area contributed by atoms with E-state index in [0.29, 0.717) is 10.7 Å². The number of hydrogen-bond acceptors (Lipinski definition) is 3. The molecule has 1 aliphatic rings. The van der Waals surface area contributed by atoms with Crippen molar-refractivity contribution in [2.24, 2.45) is 5.92 Å². The van der Waals surface area contributed by atoms with E-state index < -0.39 is 0 Å². The van der Waals surface area contributed by atoms with E-state index in [9.17, 15) is 9.59 Å². The summed E-state index contributed by atoms with van der Waals surface area (Å²) in [5, 5.41) is 6.53. The monoisotopic (exact) mass is 309 g/mol. The fourth-order valence-corrected chi connectivity index (χ4v) is 2.63. The standard InChI is InChI=1S/C15H20ClN3O2/c1-19(15(21)11-5-7-17-8-6-11)10-14(20)18-13-4-2-3-12(16)9-13/h2-4,9,11,17H,5-8,10H2,1H3,(H,18,20). The molecule has 0 atom stereocenters. The first-order valence-corrected chi connectivity index (χ1v) is 7.45. The maximum absolute atomic E-state index is 12.2. The lowest BCUT2D eigenvalue weighted by atomic mass is 9.97. The first-order chi connectivity index (χ1) is 10.1. The highest BCUT2D eigenvalue weighted by Gasteiger charge is 2.24. The maximum Gasteiger partial charge on any atom is 0.243 e. The molecule has 1 fully saturated rings. The summed E-state index contributed by atoms with van der Waals surface area (Å²) in [7, 11) is 1.67. The molecular formula is C15H20ClN3O2. The van der Waals surface area contributed by atoms with E-state index >= 15 is 0 Å². The van der Waals surface area contributed by atoms with Gasteiger partial charge < -0.3 is 15.5 Å². The summed E-state index contributed by atoms with van der Waals surface area (Å²) < 4.78 is 0. The van der Waals surface area contributed by atoms with E-state index in [1.165, 1.54) is 4.90 Å². The lowest BCUT2D eigenvalue weighted by Crippen LogP contribution is -2.42. The molecule has 1 saturated heterocycles. The number of hydrogen-bond donors (Lipinski definition) is 2. The van der Waals surface area contributed by atoms with Crippen LogP contribution < -0.4 is 10.6 Å². The first kappa shape index (κ1) is 15.8. The van der Waals surface area contributed by atoms with Crippen molar-refractivity contribution in [3.63, 3.8) is 0 Å². The smallest absolute Gasteiger partial charge is 0.243 e. The minimum Gasteiger partial charge on any atom is -0.336 e. The van der Waals surface area contributed by atoms with Crippen molar-refractivity contribution in [1.29, 1.82) is 0 Å². The molecule has 1 heterocycles. The summed E-state index contributed by atoms with van der Waals surface area (Å²) in [5.74, 6) is -0.157. The maximum atomic E-state index is 12.2. The Kier molecular flexibility index (Phi) is 5.59. The van der Waals surface area contributed by atoms with Gasteiger partial charge in [-0.15, -0.1) is 0 Å². The van der Waals surface area contributed by atoms with Crippen LogP contribution in [0.3, 0.4) is 0 Å². The van der Waals surface area contributed by atoms with Crippen molar-refractivity contribution in [3.05, 3.63) is 29.3 Å². The summed E-state index contributed by atoms with van der Waals surface area (Å²) in [6.07, 6.45) is 1.66. The van der Waals surface area contributed by atoms with Crippen molar-refractivity contribution in [1.82, 2.24) is 10.2 Å². The van der Waals surface area contributed by atoms with Crippen LogP contribution in [0.5, 0.6) is 0 Å². The van der Waals surface area contributed by atoms with Crippen LogP contribution in [0.4, 0.5) is 5.69 Å². The molecule has 1 aliphatic heterocycles. The topological polar surface area (TPSA) is 61.4 Å². The van der Waals surface area contributed by atoms with Crippen molar-refractivity contribution in [2.75, 3.05) is 32.0 Å². The molecule has 0 saturated carbocycles. The molecule has 0 aromatic heterocycles. The fourth-order valence-electron chi connectivity index (χ4n) is 2.44. The Morgan fingerprint density at radius 3 is 2.76 bits per heavy atom. The number of nitrogens with one attached hydrogen (secondary N) is 2. The molecule has 2 rings (SSSR count). The summed E-state index contributed by atoms with van der Waals surface area (Å²) in [6.45, 7) is 1.77. The predicted molar refractivity (Wildman–Crippen MR) is 83.3 cm³/mol. The van der Waals surface area contributed by atoms with Crippen molar-refractivity contribution in [2.45, 2.75) is 12.8 Å². The molecule has 2 N–H and O–H groups in total. The minimum absolute atomic E-state index is 0.0234. The second-order valence-electron chi connectivity index (χ2n) is 5.28. The lowest BCUT2D eigenvalue weighted by Gasteiger charge is -2.26. The van der Waals surface area contributed by atoms with Gasteiger partial charge in [0.15, 0.2) is 0 Å². The van der Waals surface area contributed by atoms with Gasteiger partial charge in [0, 0.05) is 23.7 Å². The number of rotatable bonds is 4. The highest BCUT2D eigenvalue weighted by molar-refractivity contribution is 6.30. The Morgan fingerprint density at radius 2 is 2.10 bits per heavy atom. The van der Waals surface area contributed by atoms with Gasteiger partial charge in [0.2, 0.25) is 11.8 Å². The van der Waals surface area contributed by atoms with Gasteiger partial charge in [-0.25, -0.2) is 0 Å². The fraction of sp³-hybridized carbons (Fsp3) is 0.467. The van der Waals surface area contributed by atoms with E-state index in [0.717, 1.165) is 25.9 Å². The molecule has 0 aliphatic carbocycles. The Balaban J connectivity index is 1.85. The number of nitrogens with zero attached hydrogens (tertiary/aromatic N) is 1. The van der Waals surface area contributed by atoms with Crippen LogP contribution in [-0.2, 0) is 9.59 Å². The van der Waals surface area contributed by atoms with E-state index in [2.05, 4.69) is 10.6 Å². The predicted octanol–water partition coefficient (Wildman–Crippen LogP) is 1.74. The molecule has 5 nitrogen and oxygen atoms in total. The molecule has 2 amide bonds. The molecule has 6 heteroatoms. The van der Waals surface area contributed by atoms with Gasteiger partial charge in [-0.2, -0.15) is 0 Å². The van der Waals surface area contributed by atoms with Crippen LogP contribution in [0.25, 0.3) is 0 Å². The van der Waals surface area contributed by atoms with Crippen LogP contribution >= 0.6 is 11.6 Å². The van der Waals surface area contributed by atoms with Gasteiger partial charge in [-0.05, 0) is 44.1 Å². The Bertz CT molecular complexity index is 515. The number of anilines is 1. The SMILES string of the molecule is CN(CC(=O)Nc1cccc(Cl)c1)C(=O)C1CCNCC1. The van der Waals surface area contributed by atoms with Crippen LogP contribution in [0.2, 0.25) is 5.02 Å². The Labute approximate surface area is 129 Å². The van der Waals surface area contributed by atoms with Crippen molar-refractivity contribution < 1.29 is 9.59 Å². The molecule has 114 valence electrons. The van der Waals surface area contributed by atoms with Crippen LogP contribution in [0, 0.1) is 5.92 Å². The highest BCUT2D eigenvalue weighted by Crippen LogP contribution is 2.16. The summed E-state index contributed by atoms with van der Waals surface area (Å²) >= 11 is 5.86. The average Bonchev–Trinajstić information content (AvgIpc) is 2.47. The molecule has 0 unspecified atom stereocenters. The minimum atomic E-state index is -0.220. The Hall–Kier alpha value is -1.59. The number of piperidine rings is 1. The van der Waals surface area contributed by atoms with E-state index in [-0.39, 0.29) is 24.3 Å². The highest BCUT2D eigenvalue weighted by atomic mass is 35.5. The summed E-state index contributed by atoms with van der Waals surface area (Å²) in [6, 6.07) is 6.94. The zero-order chi connectivity index (χ0) is 15.2. The van der Waals surface area contributed by atoms with Crippen LogP contribution in [-0.4, -0.2) is 43.4 Å². The second-order valence-corrected chi connectivity index (χ2v) is 5.71. The average molecular weight is 310 g/mol. The van der Waals surface area contributed by atoms with Gasteiger partial charge in [0.05, 0.1) is 6.54 Å². The number of benzene rings is 1. The van der Waals surface area contributed by atoms with Gasteiger partial charge in [0.1, 0.15) is 0 Å². The van der Waals surface area contributed by atoms with E-state index in [1.54, 1.807) is 31.3 Å². The van der Waals surface area contributed by atoms with Crippen molar-refractivity contribution >= 4 is 29.1 Å². The van der Waals surface area contributed by atoms with E-state index in [4.69, 9.17) is 11.6 Å². The number of carbonyl (C=O) groups is 2. The third-order valence-electron chi connectivity index (χ3n) is 3.55. The third-order valence-corrected chi connectivity index (χ3v) is 3.79. The number of carbonyl (C=O) groups excluding carboxylic acids is 2. The zero-order valence-corrected chi connectivity index (χ0v) is 12.8. The zero-order valence-electron chi connectivity index (χ0n) is 12.1. The normalized spacial score (nSPS) is 15.5. The van der Waals surface area contributed by atoms with Gasteiger partial charge in [0.25, 0.3) is 0 Å².